The van der Waals surface area contributed by atoms with Crippen molar-refractivity contribution in [2.24, 2.45) is 0 Å². The van der Waals surface area contributed by atoms with Crippen LogP contribution >= 0.6 is 15.9 Å². The zero-order valence-electron chi connectivity index (χ0n) is 8.39. The predicted octanol–water partition coefficient (Wildman–Crippen LogP) is 2.75. The third-order valence-electron chi connectivity index (χ3n) is 2.63. The molecule has 2 nitrogen and oxygen atoms in total. The van der Waals surface area contributed by atoms with E-state index in [1.54, 1.807) is 6.07 Å². The standard InChI is InChI=1S/C11H14BrFN2/c12-8-3-4-11(10(13)6-8)15-7-9-2-1-5-14-9/h3-4,6,9,14-15H,1-2,5,7H2. The third kappa shape index (κ3) is 2.92. The molecule has 0 saturated carbocycles. The zero-order chi connectivity index (χ0) is 10.7. The molecule has 2 rings (SSSR count). The number of nitrogens with one attached hydrogen (secondary N) is 2. The molecular formula is C11H14BrFN2. The van der Waals surface area contributed by atoms with E-state index in [-0.39, 0.29) is 5.82 Å². The topological polar surface area (TPSA) is 24.1 Å². The van der Waals surface area contributed by atoms with Crippen LogP contribution in [0.1, 0.15) is 12.8 Å². The Kier molecular flexibility index (Phi) is 3.59. The van der Waals surface area contributed by atoms with Crippen LogP contribution in [-0.4, -0.2) is 19.1 Å². The molecule has 2 N–H and O–H groups in total. The SMILES string of the molecule is Fc1cc(Br)ccc1NCC1CCCN1. The van der Waals surface area contributed by atoms with Crippen LogP contribution in [0, 0.1) is 5.82 Å². The predicted molar refractivity (Wildman–Crippen MR) is 63.6 cm³/mol. The first-order chi connectivity index (χ1) is 7.25. The molecule has 0 aliphatic carbocycles. The molecule has 1 saturated heterocycles. The molecule has 1 heterocycles. The average Bonchev–Trinajstić information content (AvgIpc) is 2.69. The van der Waals surface area contributed by atoms with Crippen LogP contribution in [0.25, 0.3) is 0 Å². The molecule has 82 valence electrons. The van der Waals surface area contributed by atoms with Crippen LogP contribution in [0.2, 0.25) is 0 Å². The summed E-state index contributed by atoms with van der Waals surface area (Å²) in [5.41, 5.74) is 0.576. The second-order valence-electron chi connectivity index (χ2n) is 3.80. The molecule has 1 aliphatic heterocycles. The zero-order valence-corrected chi connectivity index (χ0v) is 9.98. The van der Waals surface area contributed by atoms with Crippen LogP contribution in [0.4, 0.5) is 10.1 Å². The summed E-state index contributed by atoms with van der Waals surface area (Å²) in [6, 6.07) is 5.56. The fraction of sp³-hybridized carbons (Fsp3) is 0.455. The minimum absolute atomic E-state index is 0.206. The smallest absolute Gasteiger partial charge is 0.147 e. The molecule has 1 aromatic carbocycles. The fourth-order valence-corrected chi connectivity index (χ4v) is 2.13. The van der Waals surface area contributed by atoms with Crippen LogP contribution in [-0.2, 0) is 0 Å². The molecule has 1 unspecified atom stereocenters. The lowest BCUT2D eigenvalue weighted by Gasteiger charge is -2.13. The van der Waals surface area contributed by atoms with Crippen molar-refractivity contribution in [3.8, 4) is 0 Å². The molecule has 1 fully saturated rings. The largest absolute Gasteiger partial charge is 0.381 e. The van der Waals surface area contributed by atoms with Crippen molar-refractivity contribution < 1.29 is 4.39 Å². The van der Waals surface area contributed by atoms with E-state index < -0.39 is 0 Å². The van der Waals surface area contributed by atoms with Crippen molar-refractivity contribution in [1.29, 1.82) is 0 Å². The van der Waals surface area contributed by atoms with E-state index in [9.17, 15) is 4.39 Å². The lowest BCUT2D eigenvalue weighted by molar-refractivity contribution is 0.613. The Hall–Kier alpha value is -0.610. The van der Waals surface area contributed by atoms with Gasteiger partial charge in [0.1, 0.15) is 5.82 Å². The van der Waals surface area contributed by atoms with Gasteiger partial charge in [-0.25, -0.2) is 4.39 Å². The minimum atomic E-state index is -0.206. The van der Waals surface area contributed by atoms with E-state index in [1.807, 2.05) is 6.07 Å². The number of halogens is 2. The number of hydrogen-bond acceptors (Lipinski definition) is 2. The molecule has 15 heavy (non-hydrogen) atoms. The third-order valence-corrected chi connectivity index (χ3v) is 3.13. The number of anilines is 1. The van der Waals surface area contributed by atoms with Crippen LogP contribution in [0.5, 0.6) is 0 Å². The van der Waals surface area contributed by atoms with Gasteiger partial charge in [0.05, 0.1) is 5.69 Å². The molecule has 0 radical (unpaired) electrons. The van der Waals surface area contributed by atoms with Crippen LogP contribution in [0.3, 0.4) is 0 Å². The molecule has 1 aromatic rings. The molecule has 0 aromatic heterocycles. The van der Waals surface area contributed by atoms with Crippen LogP contribution < -0.4 is 10.6 Å². The van der Waals surface area contributed by atoms with E-state index in [0.29, 0.717) is 11.7 Å². The summed E-state index contributed by atoms with van der Waals surface area (Å²) in [6.07, 6.45) is 2.39. The quantitative estimate of drug-likeness (QED) is 0.884. The van der Waals surface area contributed by atoms with Gasteiger partial charge in [-0.2, -0.15) is 0 Å². The van der Waals surface area contributed by atoms with Gasteiger partial charge in [0.2, 0.25) is 0 Å². The summed E-state index contributed by atoms with van der Waals surface area (Å²) in [6.45, 7) is 1.87. The van der Waals surface area contributed by atoms with Gasteiger partial charge in [-0.3, -0.25) is 0 Å². The van der Waals surface area contributed by atoms with Crippen molar-refractivity contribution in [2.45, 2.75) is 18.9 Å². The van der Waals surface area contributed by atoms with Crippen molar-refractivity contribution in [3.63, 3.8) is 0 Å². The van der Waals surface area contributed by atoms with Gasteiger partial charge >= 0.3 is 0 Å². The van der Waals surface area contributed by atoms with E-state index in [4.69, 9.17) is 0 Å². The number of hydrogen-bond donors (Lipinski definition) is 2. The molecule has 0 spiro atoms. The fourth-order valence-electron chi connectivity index (χ4n) is 1.80. The highest BCUT2D eigenvalue weighted by Crippen LogP contribution is 2.19. The normalized spacial score (nSPS) is 20.5. The summed E-state index contributed by atoms with van der Waals surface area (Å²) in [4.78, 5) is 0. The van der Waals surface area contributed by atoms with E-state index in [2.05, 4.69) is 26.6 Å². The average molecular weight is 273 g/mol. The van der Waals surface area contributed by atoms with Gasteiger partial charge in [0, 0.05) is 17.1 Å². The van der Waals surface area contributed by atoms with Crippen LogP contribution in [0.15, 0.2) is 22.7 Å². The Labute approximate surface area is 97.4 Å². The molecule has 0 amide bonds. The summed E-state index contributed by atoms with van der Waals surface area (Å²) in [7, 11) is 0. The van der Waals surface area contributed by atoms with Gasteiger partial charge in [-0.1, -0.05) is 15.9 Å². The Bertz CT molecular complexity index is 337. The molecular weight excluding hydrogens is 259 g/mol. The highest BCUT2D eigenvalue weighted by atomic mass is 79.9. The van der Waals surface area contributed by atoms with Crippen molar-refractivity contribution in [2.75, 3.05) is 18.4 Å². The second-order valence-corrected chi connectivity index (χ2v) is 4.71. The number of benzene rings is 1. The molecule has 1 aliphatic rings. The summed E-state index contributed by atoms with van der Waals surface area (Å²) >= 11 is 3.23. The van der Waals surface area contributed by atoms with Crippen molar-refractivity contribution >= 4 is 21.6 Å². The first kappa shape index (κ1) is 10.9. The maximum absolute atomic E-state index is 13.4. The molecule has 1 atom stereocenters. The first-order valence-electron chi connectivity index (χ1n) is 5.18. The van der Waals surface area contributed by atoms with Crippen molar-refractivity contribution in [1.82, 2.24) is 5.32 Å². The minimum Gasteiger partial charge on any atom is -0.381 e. The highest BCUT2D eigenvalue weighted by Gasteiger charge is 2.13. The first-order valence-corrected chi connectivity index (χ1v) is 5.97. The Morgan fingerprint density at radius 1 is 1.53 bits per heavy atom. The van der Waals surface area contributed by atoms with E-state index >= 15 is 0 Å². The summed E-state index contributed by atoms with van der Waals surface area (Å²) < 4.78 is 14.2. The van der Waals surface area contributed by atoms with Gasteiger partial charge in [-0.15, -0.1) is 0 Å². The maximum Gasteiger partial charge on any atom is 0.147 e. The van der Waals surface area contributed by atoms with E-state index in [1.165, 1.54) is 18.9 Å². The second kappa shape index (κ2) is 4.94. The Balaban J connectivity index is 1.92. The monoisotopic (exact) mass is 272 g/mol. The van der Waals surface area contributed by atoms with Gasteiger partial charge in [0.15, 0.2) is 0 Å². The number of rotatable bonds is 3. The van der Waals surface area contributed by atoms with Gasteiger partial charge in [0.25, 0.3) is 0 Å². The van der Waals surface area contributed by atoms with E-state index in [0.717, 1.165) is 17.6 Å². The molecule has 0 bridgehead atoms. The maximum atomic E-state index is 13.4. The van der Waals surface area contributed by atoms with Gasteiger partial charge < -0.3 is 10.6 Å². The van der Waals surface area contributed by atoms with Gasteiger partial charge in [-0.05, 0) is 37.6 Å². The lowest BCUT2D eigenvalue weighted by Crippen LogP contribution is -2.29. The lowest BCUT2D eigenvalue weighted by atomic mass is 10.2. The Morgan fingerprint density at radius 2 is 2.40 bits per heavy atom. The Morgan fingerprint density at radius 3 is 3.07 bits per heavy atom. The molecule has 4 heteroatoms. The summed E-state index contributed by atoms with van der Waals surface area (Å²) in [5, 5.41) is 6.49. The highest BCUT2D eigenvalue weighted by molar-refractivity contribution is 9.10. The van der Waals surface area contributed by atoms with Crippen molar-refractivity contribution in [3.05, 3.63) is 28.5 Å². The summed E-state index contributed by atoms with van der Waals surface area (Å²) in [5.74, 6) is -0.206.